The number of phenolic OH excluding ortho intramolecular Hbond substituents is 1. The molecule has 0 spiro atoms. The van der Waals surface area contributed by atoms with E-state index < -0.39 is 17.3 Å². The third-order valence-corrected chi connectivity index (χ3v) is 6.70. The van der Waals surface area contributed by atoms with Crippen LogP contribution in [0.3, 0.4) is 0 Å². The zero-order valence-electron chi connectivity index (χ0n) is 19.0. The third kappa shape index (κ3) is 5.31. The topological polar surface area (TPSA) is 71.0 Å². The summed E-state index contributed by atoms with van der Waals surface area (Å²) in [6.07, 6.45) is -3.08. The highest BCUT2D eigenvalue weighted by molar-refractivity contribution is 5.87. The Hall–Kier alpha value is -2.78. The average molecular weight is 479 g/mol. The molecule has 0 aliphatic carbocycles. The number of halogens is 3. The van der Waals surface area contributed by atoms with E-state index in [-0.39, 0.29) is 29.6 Å². The fourth-order valence-electron chi connectivity index (χ4n) is 4.72. The third-order valence-electron chi connectivity index (χ3n) is 6.70. The molecule has 2 aliphatic heterocycles. The number of hydrogen-bond donors (Lipinski definition) is 2. The van der Waals surface area contributed by atoms with Crippen molar-refractivity contribution in [2.24, 2.45) is 0 Å². The van der Waals surface area contributed by atoms with E-state index in [0.29, 0.717) is 45.6 Å². The maximum absolute atomic E-state index is 13.6. The number of aromatic hydroxyl groups is 1. The van der Waals surface area contributed by atoms with Crippen molar-refractivity contribution in [1.82, 2.24) is 10.2 Å². The van der Waals surface area contributed by atoms with E-state index in [4.69, 9.17) is 9.47 Å². The van der Waals surface area contributed by atoms with Gasteiger partial charge in [0.2, 0.25) is 5.91 Å². The minimum Gasteiger partial charge on any atom is -0.508 e. The maximum atomic E-state index is 13.6. The van der Waals surface area contributed by atoms with E-state index in [1.54, 1.807) is 24.3 Å². The average Bonchev–Trinajstić information content (AvgIpc) is 3.28. The van der Waals surface area contributed by atoms with Gasteiger partial charge in [-0.25, -0.2) is 0 Å². The highest BCUT2D eigenvalue weighted by Gasteiger charge is 2.48. The Morgan fingerprint density at radius 3 is 2.59 bits per heavy atom. The molecule has 9 heteroatoms. The fourth-order valence-corrected chi connectivity index (χ4v) is 4.72. The monoisotopic (exact) mass is 478 g/mol. The van der Waals surface area contributed by atoms with Crippen molar-refractivity contribution in [3.63, 3.8) is 0 Å². The molecule has 0 saturated carbocycles. The van der Waals surface area contributed by atoms with Crippen molar-refractivity contribution >= 4 is 5.91 Å². The molecule has 0 bridgehead atoms. The van der Waals surface area contributed by atoms with Crippen LogP contribution in [0.15, 0.2) is 48.5 Å². The molecule has 34 heavy (non-hydrogen) atoms. The smallest absolute Gasteiger partial charge is 0.416 e. The summed E-state index contributed by atoms with van der Waals surface area (Å²) in [5.41, 5.74) is -0.640. The Balaban J connectivity index is 1.45. The number of hydrogen-bond acceptors (Lipinski definition) is 5. The molecule has 2 heterocycles. The standard InChI is InChI=1S/C25H29F3N2O4/c1-17(18-5-7-20(31)8-6-18)29-23(32)24(10-13-33-14-11-24)30-12-9-22(16-30)34-21-4-2-3-19(15-21)25(26,27)28/h2-8,15,17,22,31H,9-14,16H2,1H3,(H,29,32)/t17?,22-/m1/s1. The molecule has 0 aromatic heterocycles. The highest BCUT2D eigenvalue weighted by Crippen LogP contribution is 2.35. The minimum absolute atomic E-state index is 0.101. The van der Waals surface area contributed by atoms with E-state index >= 15 is 0 Å². The molecule has 0 radical (unpaired) electrons. The van der Waals surface area contributed by atoms with Gasteiger partial charge >= 0.3 is 6.18 Å². The molecule has 6 nitrogen and oxygen atoms in total. The fraction of sp³-hybridized carbons (Fsp3) is 0.480. The Labute approximate surface area is 196 Å². The number of rotatable bonds is 6. The van der Waals surface area contributed by atoms with Gasteiger partial charge in [-0.15, -0.1) is 0 Å². The van der Waals surface area contributed by atoms with Crippen LogP contribution in [0.25, 0.3) is 0 Å². The first kappa shape index (κ1) is 24.3. The number of nitrogens with one attached hydrogen (secondary N) is 1. The van der Waals surface area contributed by atoms with Crippen LogP contribution in [-0.4, -0.2) is 53.9 Å². The van der Waals surface area contributed by atoms with Crippen LogP contribution in [-0.2, 0) is 15.7 Å². The lowest BCUT2D eigenvalue weighted by Crippen LogP contribution is -2.61. The molecule has 2 aliphatic rings. The van der Waals surface area contributed by atoms with E-state index in [1.807, 2.05) is 6.92 Å². The summed E-state index contributed by atoms with van der Waals surface area (Å²) in [6.45, 7) is 3.84. The quantitative estimate of drug-likeness (QED) is 0.648. The summed E-state index contributed by atoms with van der Waals surface area (Å²) in [6, 6.07) is 11.3. The Morgan fingerprint density at radius 2 is 1.91 bits per heavy atom. The molecule has 1 amide bonds. The van der Waals surface area contributed by atoms with Crippen molar-refractivity contribution in [3.05, 3.63) is 59.7 Å². The van der Waals surface area contributed by atoms with Crippen LogP contribution >= 0.6 is 0 Å². The first-order valence-corrected chi connectivity index (χ1v) is 11.4. The molecule has 2 fully saturated rings. The van der Waals surface area contributed by atoms with Crippen LogP contribution in [0, 0.1) is 0 Å². The number of nitrogens with zero attached hydrogens (tertiary/aromatic N) is 1. The summed E-state index contributed by atoms with van der Waals surface area (Å²) >= 11 is 0. The number of ether oxygens (including phenoxy) is 2. The van der Waals surface area contributed by atoms with Crippen molar-refractivity contribution in [1.29, 1.82) is 0 Å². The summed E-state index contributed by atoms with van der Waals surface area (Å²) in [5.74, 6) is 0.233. The van der Waals surface area contributed by atoms with Gasteiger partial charge in [0, 0.05) is 26.3 Å². The lowest BCUT2D eigenvalue weighted by molar-refractivity contribution is -0.141. The number of likely N-dealkylation sites (tertiary alicyclic amines) is 1. The summed E-state index contributed by atoms with van der Waals surface area (Å²) in [7, 11) is 0. The van der Waals surface area contributed by atoms with Gasteiger partial charge in [-0.3, -0.25) is 9.69 Å². The van der Waals surface area contributed by atoms with E-state index in [0.717, 1.165) is 17.7 Å². The van der Waals surface area contributed by atoms with Gasteiger partial charge in [0.15, 0.2) is 0 Å². The van der Waals surface area contributed by atoms with Crippen LogP contribution in [0.5, 0.6) is 11.5 Å². The zero-order chi connectivity index (χ0) is 24.3. The van der Waals surface area contributed by atoms with Crippen LogP contribution in [0.1, 0.15) is 43.4 Å². The van der Waals surface area contributed by atoms with Gasteiger partial charge in [0.05, 0.1) is 11.6 Å². The van der Waals surface area contributed by atoms with E-state index in [9.17, 15) is 23.1 Å². The SMILES string of the molecule is CC(NC(=O)C1(N2CC[C@@H](Oc3cccc(C(F)(F)F)c3)C2)CCOCC1)c1ccc(O)cc1. The number of amides is 1. The van der Waals surface area contributed by atoms with Crippen molar-refractivity contribution in [2.75, 3.05) is 26.3 Å². The van der Waals surface area contributed by atoms with Gasteiger partial charge in [0.1, 0.15) is 23.1 Å². The highest BCUT2D eigenvalue weighted by atomic mass is 19.4. The van der Waals surface area contributed by atoms with Crippen molar-refractivity contribution in [2.45, 2.75) is 50.0 Å². The number of carbonyl (C=O) groups excluding carboxylic acids is 1. The second kappa shape index (κ2) is 9.84. The van der Waals surface area contributed by atoms with E-state index in [2.05, 4.69) is 10.2 Å². The lowest BCUT2D eigenvalue weighted by Gasteiger charge is -2.43. The molecule has 2 saturated heterocycles. The number of carbonyl (C=O) groups is 1. The molecule has 1 unspecified atom stereocenters. The predicted molar refractivity (Wildman–Crippen MR) is 119 cm³/mol. The molecule has 2 aromatic carbocycles. The van der Waals surface area contributed by atoms with Gasteiger partial charge in [-0.2, -0.15) is 13.2 Å². The molecule has 2 N–H and O–H groups in total. The predicted octanol–water partition coefficient (Wildman–Crippen LogP) is 4.29. The number of alkyl halides is 3. The lowest BCUT2D eigenvalue weighted by atomic mass is 9.86. The molecule has 184 valence electrons. The summed E-state index contributed by atoms with van der Waals surface area (Å²) in [4.78, 5) is 15.6. The Morgan fingerprint density at radius 1 is 1.21 bits per heavy atom. The normalized spacial score (nSPS) is 21.7. The molecular weight excluding hydrogens is 449 g/mol. The molecular formula is C25H29F3N2O4. The second-order valence-electron chi connectivity index (χ2n) is 8.93. The maximum Gasteiger partial charge on any atom is 0.416 e. The molecule has 2 aromatic rings. The molecule has 2 atom stereocenters. The summed E-state index contributed by atoms with van der Waals surface area (Å²) < 4.78 is 50.5. The van der Waals surface area contributed by atoms with Crippen LogP contribution in [0.4, 0.5) is 13.2 Å². The number of benzene rings is 2. The van der Waals surface area contributed by atoms with Crippen LogP contribution in [0.2, 0.25) is 0 Å². The molecule has 4 rings (SSSR count). The van der Waals surface area contributed by atoms with Gasteiger partial charge < -0.3 is 19.9 Å². The van der Waals surface area contributed by atoms with E-state index in [1.165, 1.54) is 12.1 Å². The largest absolute Gasteiger partial charge is 0.508 e. The van der Waals surface area contributed by atoms with Gasteiger partial charge in [-0.1, -0.05) is 18.2 Å². The van der Waals surface area contributed by atoms with Crippen LogP contribution < -0.4 is 10.1 Å². The van der Waals surface area contributed by atoms with Gasteiger partial charge in [0.25, 0.3) is 0 Å². The Bertz CT molecular complexity index is 990. The van der Waals surface area contributed by atoms with Crippen molar-refractivity contribution in [3.8, 4) is 11.5 Å². The summed E-state index contributed by atoms with van der Waals surface area (Å²) in [5, 5.41) is 12.6. The second-order valence-corrected chi connectivity index (χ2v) is 8.93. The number of phenols is 1. The Kier molecular flexibility index (Phi) is 7.04. The van der Waals surface area contributed by atoms with Gasteiger partial charge in [-0.05, 0) is 62.1 Å². The first-order valence-electron chi connectivity index (χ1n) is 11.4. The first-order chi connectivity index (χ1) is 16.2. The zero-order valence-corrected chi connectivity index (χ0v) is 19.0. The van der Waals surface area contributed by atoms with Crippen molar-refractivity contribution < 1.29 is 32.5 Å². The minimum atomic E-state index is -4.43.